The molecule has 3 nitrogen and oxygen atoms in total. The quantitative estimate of drug-likeness (QED) is 0.503. The van der Waals surface area contributed by atoms with Gasteiger partial charge >= 0.3 is 25.7 Å². The Bertz CT molecular complexity index is 259. The van der Waals surface area contributed by atoms with E-state index in [4.69, 9.17) is 12.3 Å². The molecule has 0 unspecified atom stereocenters. The fourth-order valence-electron chi connectivity index (χ4n) is 3.23. The summed E-state index contributed by atoms with van der Waals surface area (Å²) in [4.78, 5) is 0. The van der Waals surface area contributed by atoms with Crippen LogP contribution in [0.5, 0.6) is 0 Å². The van der Waals surface area contributed by atoms with Crippen molar-refractivity contribution in [1.29, 1.82) is 0 Å². The van der Waals surface area contributed by atoms with Crippen LogP contribution in [0.2, 0.25) is 37.8 Å². The molecule has 0 spiro atoms. The summed E-state index contributed by atoms with van der Waals surface area (Å²) in [6.07, 6.45) is 7.32. The number of hydrogen-bond donors (Lipinski definition) is 0. The average Bonchev–Trinajstić information content (AvgIpc) is 2.39. The van der Waals surface area contributed by atoms with Gasteiger partial charge < -0.3 is 12.3 Å². The second-order valence-electron chi connectivity index (χ2n) is 7.02. The van der Waals surface area contributed by atoms with E-state index in [1.165, 1.54) is 38.5 Å². The molecule has 21 heavy (non-hydrogen) atoms. The maximum Gasteiger partial charge on any atom is 0.317 e. The van der Waals surface area contributed by atoms with E-state index in [0.29, 0.717) is 0 Å². The van der Waals surface area contributed by atoms with Gasteiger partial charge in [-0.25, -0.2) is 0 Å². The van der Waals surface area contributed by atoms with Crippen molar-refractivity contribution in [3.63, 3.8) is 0 Å². The molecule has 0 radical (unpaired) electrons. The zero-order chi connectivity index (χ0) is 16.0. The molecule has 1 saturated heterocycles. The number of rotatable bonds is 9. The Morgan fingerprint density at radius 2 is 0.762 bits per heavy atom. The molecular formula is C15H36O3Si3. The lowest BCUT2D eigenvalue weighted by Crippen LogP contribution is -2.67. The van der Waals surface area contributed by atoms with Gasteiger partial charge in [-0.05, 0) is 37.8 Å². The van der Waals surface area contributed by atoms with Crippen molar-refractivity contribution in [3.05, 3.63) is 0 Å². The lowest BCUT2D eigenvalue weighted by atomic mass is 10.4. The lowest BCUT2D eigenvalue weighted by molar-refractivity contribution is 0.219. The highest BCUT2D eigenvalue weighted by molar-refractivity contribution is 6.93. The molecule has 0 amide bonds. The maximum absolute atomic E-state index is 6.61. The van der Waals surface area contributed by atoms with Crippen molar-refractivity contribution in [1.82, 2.24) is 0 Å². The van der Waals surface area contributed by atoms with Crippen molar-refractivity contribution in [2.75, 3.05) is 0 Å². The van der Waals surface area contributed by atoms with Gasteiger partial charge in [-0.1, -0.05) is 59.3 Å². The van der Waals surface area contributed by atoms with E-state index < -0.39 is 25.7 Å². The topological polar surface area (TPSA) is 27.7 Å². The van der Waals surface area contributed by atoms with Crippen molar-refractivity contribution in [2.24, 2.45) is 0 Å². The molecule has 1 aliphatic heterocycles. The van der Waals surface area contributed by atoms with Gasteiger partial charge in [-0.3, -0.25) is 0 Å². The van der Waals surface area contributed by atoms with Gasteiger partial charge in [-0.2, -0.15) is 0 Å². The average molecular weight is 349 g/mol. The lowest BCUT2D eigenvalue weighted by Gasteiger charge is -2.50. The molecule has 1 aliphatic rings. The Morgan fingerprint density at radius 1 is 0.524 bits per heavy atom. The highest BCUT2D eigenvalue weighted by Gasteiger charge is 2.55. The predicted octanol–water partition coefficient (Wildman–Crippen LogP) is 5.67. The van der Waals surface area contributed by atoms with Crippen LogP contribution in [0.3, 0.4) is 0 Å². The molecule has 0 aromatic heterocycles. The Balaban J connectivity index is 2.86. The van der Waals surface area contributed by atoms with Gasteiger partial charge in [0.05, 0.1) is 0 Å². The molecule has 6 heteroatoms. The van der Waals surface area contributed by atoms with Crippen LogP contribution < -0.4 is 0 Å². The Morgan fingerprint density at radius 3 is 0.952 bits per heavy atom. The third-order valence-electron chi connectivity index (χ3n) is 4.25. The first-order chi connectivity index (χ1) is 9.80. The third-order valence-corrected chi connectivity index (χ3v) is 18.4. The SMILES string of the molecule is CCCC[Si]1(C)O[Si](C)(CCCC)O[Si](C)(CCCC)O1. The van der Waals surface area contributed by atoms with Gasteiger partial charge in [0.1, 0.15) is 0 Å². The summed E-state index contributed by atoms with van der Waals surface area (Å²) in [7, 11) is -6.09. The van der Waals surface area contributed by atoms with Crippen LogP contribution >= 0.6 is 0 Å². The van der Waals surface area contributed by atoms with Crippen molar-refractivity contribution in [3.8, 4) is 0 Å². The van der Waals surface area contributed by atoms with Gasteiger partial charge in [0.2, 0.25) is 0 Å². The third kappa shape index (κ3) is 6.27. The molecule has 0 bridgehead atoms. The van der Waals surface area contributed by atoms with Crippen LogP contribution in [0.25, 0.3) is 0 Å². The zero-order valence-electron chi connectivity index (χ0n) is 15.1. The van der Waals surface area contributed by atoms with E-state index in [2.05, 4.69) is 40.4 Å². The Hall–Kier alpha value is 0.531. The predicted molar refractivity (Wildman–Crippen MR) is 97.3 cm³/mol. The van der Waals surface area contributed by atoms with Gasteiger partial charge in [0.25, 0.3) is 0 Å². The number of unbranched alkanes of at least 4 members (excludes halogenated alkanes) is 3. The highest BCUT2D eigenvalue weighted by atomic mass is 28.5. The van der Waals surface area contributed by atoms with Crippen LogP contribution in [0.15, 0.2) is 0 Å². The van der Waals surface area contributed by atoms with Crippen LogP contribution in [0.4, 0.5) is 0 Å². The van der Waals surface area contributed by atoms with Gasteiger partial charge in [0.15, 0.2) is 0 Å². The van der Waals surface area contributed by atoms with Gasteiger partial charge in [-0.15, -0.1) is 0 Å². The van der Waals surface area contributed by atoms with E-state index in [1.54, 1.807) is 0 Å². The summed E-state index contributed by atoms with van der Waals surface area (Å²) in [6, 6.07) is 3.41. The largest absolute Gasteiger partial charge is 0.416 e. The fraction of sp³-hybridized carbons (Fsp3) is 1.00. The van der Waals surface area contributed by atoms with E-state index in [9.17, 15) is 0 Å². The molecule has 1 heterocycles. The second kappa shape index (κ2) is 8.40. The molecular weight excluding hydrogens is 312 g/mol. The minimum Gasteiger partial charge on any atom is -0.416 e. The second-order valence-corrected chi connectivity index (χ2v) is 17.8. The molecule has 126 valence electrons. The minimum absolute atomic E-state index is 1.14. The molecule has 0 aromatic carbocycles. The molecule has 1 fully saturated rings. The van der Waals surface area contributed by atoms with Crippen LogP contribution in [-0.4, -0.2) is 25.7 Å². The van der Waals surface area contributed by atoms with E-state index in [-0.39, 0.29) is 0 Å². The van der Waals surface area contributed by atoms with Crippen molar-refractivity contribution in [2.45, 2.75) is 97.1 Å². The summed E-state index contributed by atoms with van der Waals surface area (Å²) in [6.45, 7) is 13.6. The molecule has 0 atom stereocenters. The van der Waals surface area contributed by atoms with Crippen LogP contribution in [0, 0.1) is 0 Å². The Labute approximate surface area is 135 Å². The zero-order valence-corrected chi connectivity index (χ0v) is 18.1. The smallest absolute Gasteiger partial charge is 0.317 e. The standard InChI is InChI=1S/C15H36O3Si3/c1-7-10-13-19(4)16-20(5,14-11-8-2)18-21(6,17-19)15-12-9-3/h7-15H2,1-6H3. The van der Waals surface area contributed by atoms with E-state index >= 15 is 0 Å². The monoisotopic (exact) mass is 348 g/mol. The first kappa shape index (κ1) is 19.6. The normalized spacial score (nSPS) is 36.9. The molecule has 0 aliphatic carbocycles. The summed E-state index contributed by atoms with van der Waals surface area (Å²) >= 11 is 0. The molecule has 0 aromatic rings. The molecule has 0 saturated carbocycles. The fourth-order valence-corrected chi connectivity index (χ4v) is 21.3. The van der Waals surface area contributed by atoms with E-state index in [1.807, 2.05) is 0 Å². The highest BCUT2D eigenvalue weighted by Crippen LogP contribution is 2.38. The van der Waals surface area contributed by atoms with Crippen LogP contribution in [-0.2, 0) is 12.3 Å². The summed E-state index contributed by atoms with van der Waals surface area (Å²) in [5, 5.41) is 0. The first-order valence-corrected chi connectivity index (χ1v) is 16.5. The van der Waals surface area contributed by atoms with Crippen molar-refractivity contribution < 1.29 is 12.3 Å². The molecule has 1 rings (SSSR count). The number of hydrogen-bond acceptors (Lipinski definition) is 3. The van der Waals surface area contributed by atoms with Crippen LogP contribution in [0.1, 0.15) is 59.3 Å². The summed E-state index contributed by atoms with van der Waals surface area (Å²) in [5.41, 5.74) is 0. The summed E-state index contributed by atoms with van der Waals surface area (Å²) < 4.78 is 19.8. The summed E-state index contributed by atoms with van der Waals surface area (Å²) in [5.74, 6) is 0. The van der Waals surface area contributed by atoms with Crippen molar-refractivity contribution >= 4 is 25.7 Å². The maximum atomic E-state index is 6.61. The van der Waals surface area contributed by atoms with E-state index in [0.717, 1.165) is 18.1 Å². The van der Waals surface area contributed by atoms with Gasteiger partial charge in [0, 0.05) is 0 Å². The minimum atomic E-state index is -2.03. The Kier molecular flexibility index (Phi) is 7.83. The first-order valence-electron chi connectivity index (χ1n) is 8.91. The molecule has 0 N–H and O–H groups in total.